The number of nitrogens with one attached hydrogen (secondary N) is 2. The lowest BCUT2D eigenvalue weighted by atomic mass is 10.0. The molecule has 0 saturated carbocycles. The van der Waals surface area contributed by atoms with Crippen LogP contribution in [-0.4, -0.2) is 101 Å². The van der Waals surface area contributed by atoms with Gasteiger partial charge in [0.2, 0.25) is 5.91 Å². The molecule has 3 saturated heterocycles. The number of aliphatic hydroxyl groups excluding tert-OH is 1. The Morgan fingerprint density at radius 2 is 1.91 bits per heavy atom. The number of benzene rings is 1. The summed E-state index contributed by atoms with van der Waals surface area (Å²) in [6.07, 6.45) is 2.03. The van der Waals surface area contributed by atoms with Crippen molar-refractivity contribution >= 4 is 37.3 Å². The fourth-order valence-electron chi connectivity index (χ4n) is 6.13. The summed E-state index contributed by atoms with van der Waals surface area (Å²) in [4.78, 5) is 23.5. The summed E-state index contributed by atoms with van der Waals surface area (Å²) < 4.78 is 37.1. The summed E-state index contributed by atoms with van der Waals surface area (Å²) in [6.45, 7) is 5.17. The van der Waals surface area contributed by atoms with Gasteiger partial charge in [0.25, 0.3) is 0 Å². The molecule has 10 atom stereocenters. The Bertz CT molecular complexity index is 1060. The predicted octanol–water partition coefficient (Wildman–Crippen LogP) is 4.18. The first-order chi connectivity index (χ1) is 21.2. The fourth-order valence-corrected chi connectivity index (χ4v) is 10.2. The van der Waals surface area contributed by atoms with E-state index in [4.69, 9.17) is 18.5 Å². The maximum absolute atomic E-state index is 13.3. The highest BCUT2D eigenvalue weighted by Gasteiger charge is 2.48. The second-order valence-electron chi connectivity index (χ2n) is 12.0. The summed E-state index contributed by atoms with van der Waals surface area (Å²) in [5, 5.41) is 17.2. The van der Waals surface area contributed by atoms with Gasteiger partial charge in [0.1, 0.15) is 12.2 Å². The molecule has 1 amide bonds. The molecule has 1 aromatic rings. The Kier molecular flexibility index (Phi) is 14.8. The van der Waals surface area contributed by atoms with E-state index in [0.29, 0.717) is 31.7 Å². The van der Waals surface area contributed by atoms with Crippen molar-refractivity contribution in [3.05, 3.63) is 35.9 Å². The average Bonchev–Trinajstić information content (AvgIpc) is 3.46. The number of ether oxygens (including phenoxy) is 2. The van der Waals surface area contributed by atoms with Crippen molar-refractivity contribution in [2.45, 2.75) is 106 Å². The molecule has 0 radical (unpaired) electrons. The lowest BCUT2D eigenvalue weighted by Crippen LogP contribution is -2.34. The molecule has 10 nitrogen and oxygen atoms in total. The van der Waals surface area contributed by atoms with E-state index in [1.54, 1.807) is 23.5 Å². The van der Waals surface area contributed by atoms with Crippen LogP contribution in [0.2, 0.25) is 0 Å². The number of hydrogen-bond donors (Lipinski definition) is 4. The third-order valence-electron chi connectivity index (χ3n) is 8.63. The van der Waals surface area contributed by atoms with E-state index in [2.05, 4.69) is 10.6 Å². The highest BCUT2D eigenvalue weighted by Crippen LogP contribution is 2.50. The zero-order chi connectivity index (χ0) is 31.5. The number of phosphoric acid groups is 1. The molecule has 250 valence electrons. The van der Waals surface area contributed by atoms with Gasteiger partial charge in [-0.25, -0.2) is 4.57 Å². The Morgan fingerprint density at radius 3 is 2.66 bits per heavy atom. The molecule has 4 rings (SSSR count). The lowest BCUT2D eigenvalue weighted by Gasteiger charge is -2.27. The zero-order valence-corrected chi connectivity index (χ0v) is 28.7. The third kappa shape index (κ3) is 10.7. The highest BCUT2D eigenvalue weighted by atomic mass is 32.2. The second-order valence-corrected chi connectivity index (χ2v) is 15.9. The summed E-state index contributed by atoms with van der Waals surface area (Å²) in [6, 6.07) is 9.95. The number of rotatable bonds is 6. The maximum atomic E-state index is 13.3. The first-order valence-electron chi connectivity index (χ1n) is 16.0. The van der Waals surface area contributed by atoms with Gasteiger partial charge >= 0.3 is 7.82 Å². The summed E-state index contributed by atoms with van der Waals surface area (Å²) >= 11 is 3.32. The molecule has 0 spiro atoms. The van der Waals surface area contributed by atoms with Crippen molar-refractivity contribution in [2.75, 3.05) is 38.2 Å². The smallest absolute Gasteiger partial charge is 0.389 e. The van der Waals surface area contributed by atoms with Crippen LogP contribution in [0.25, 0.3) is 0 Å². The summed E-state index contributed by atoms with van der Waals surface area (Å²) in [5.74, 6) is 2.00. The molecule has 1 aromatic carbocycles. The van der Waals surface area contributed by atoms with Crippen LogP contribution in [0.5, 0.6) is 0 Å². The van der Waals surface area contributed by atoms with Crippen LogP contribution in [-0.2, 0) is 34.3 Å². The number of fused-ring (bicyclic) bond motifs is 3. The van der Waals surface area contributed by atoms with Gasteiger partial charge in [-0.2, -0.15) is 23.5 Å². The standard InChI is InChI=1S/C31H51N2O8PS2/c1-4-24-29-30(21(2)39-24)44-20-23(13-15-32-3)14-16-33-27(34)12-8-9-17-43-31-25(18-22-10-6-5-7-11-22)40-26(28(31)35)19-38-42(36,37)41-29/h5-7,10-11,21,23-26,28-32,35H,4,8-9,12-20H2,1-3H3,(H,33,34)(H,36,37). The summed E-state index contributed by atoms with van der Waals surface area (Å²) in [5.41, 5.74) is 1.09. The van der Waals surface area contributed by atoms with Crippen LogP contribution < -0.4 is 10.6 Å². The van der Waals surface area contributed by atoms with Gasteiger partial charge in [0.05, 0.1) is 41.5 Å². The molecule has 13 heteroatoms. The van der Waals surface area contributed by atoms with Crippen molar-refractivity contribution in [1.82, 2.24) is 10.6 Å². The Labute approximate surface area is 271 Å². The van der Waals surface area contributed by atoms with Crippen LogP contribution in [0.1, 0.15) is 57.9 Å². The van der Waals surface area contributed by atoms with Gasteiger partial charge < -0.3 is 30.1 Å². The van der Waals surface area contributed by atoms with E-state index < -0.39 is 26.1 Å². The van der Waals surface area contributed by atoms with Gasteiger partial charge in [0, 0.05) is 13.0 Å². The SMILES string of the molecule is CCC1OC(C)C2SCC(CCNC)CCNC(=O)CCCCSC3C(Cc4ccccc4)OC(COP(=O)(O)OC12)C3O. The Balaban J connectivity index is 1.49. The molecule has 3 heterocycles. The summed E-state index contributed by atoms with van der Waals surface area (Å²) in [7, 11) is -2.56. The zero-order valence-electron chi connectivity index (χ0n) is 26.2. The van der Waals surface area contributed by atoms with E-state index in [1.807, 2.05) is 51.2 Å². The molecule has 4 N–H and O–H groups in total. The van der Waals surface area contributed by atoms with E-state index in [9.17, 15) is 19.4 Å². The van der Waals surface area contributed by atoms with E-state index in [1.165, 1.54) is 0 Å². The van der Waals surface area contributed by atoms with Crippen LogP contribution in [0, 0.1) is 5.92 Å². The van der Waals surface area contributed by atoms with Crippen molar-refractivity contribution in [2.24, 2.45) is 5.92 Å². The van der Waals surface area contributed by atoms with Gasteiger partial charge in [-0.05, 0) is 82.0 Å². The van der Waals surface area contributed by atoms with Crippen molar-refractivity contribution < 1.29 is 37.9 Å². The number of hydrogen-bond acceptors (Lipinski definition) is 10. The normalized spacial score (nSPS) is 38.4. The van der Waals surface area contributed by atoms with Crippen LogP contribution >= 0.6 is 31.3 Å². The third-order valence-corrected chi connectivity index (χ3v) is 12.8. The lowest BCUT2D eigenvalue weighted by molar-refractivity contribution is -0.121. The first kappa shape index (κ1) is 36.2. The van der Waals surface area contributed by atoms with Crippen molar-refractivity contribution in [3.8, 4) is 0 Å². The van der Waals surface area contributed by atoms with Gasteiger partial charge in [-0.3, -0.25) is 13.8 Å². The number of amides is 1. The minimum Gasteiger partial charge on any atom is -0.389 e. The predicted molar refractivity (Wildman–Crippen MR) is 176 cm³/mol. The monoisotopic (exact) mass is 674 g/mol. The largest absolute Gasteiger partial charge is 0.472 e. The Morgan fingerprint density at radius 1 is 1.11 bits per heavy atom. The molecular formula is C31H51N2O8PS2. The molecule has 2 bridgehead atoms. The van der Waals surface area contributed by atoms with E-state index in [-0.39, 0.29) is 41.3 Å². The molecular weight excluding hydrogens is 623 g/mol. The molecule has 3 aliphatic rings. The first-order valence-corrected chi connectivity index (χ1v) is 19.6. The quantitative estimate of drug-likeness (QED) is 0.324. The minimum atomic E-state index is -4.50. The van der Waals surface area contributed by atoms with Gasteiger partial charge in [0.15, 0.2) is 0 Å². The van der Waals surface area contributed by atoms with Crippen molar-refractivity contribution in [1.29, 1.82) is 0 Å². The highest BCUT2D eigenvalue weighted by molar-refractivity contribution is 8.00. The molecule has 0 aromatic heterocycles. The minimum absolute atomic E-state index is 0.0695. The molecule has 44 heavy (non-hydrogen) atoms. The molecule has 3 fully saturated rings. The van der Waals surface area contributed by atoms with Crippen molar-refractivity contribution in [3.63, 3.8) is 0 Å². The number of carbonyl (C=O) groups is 1. The van der Waals surface area contributed by atoms with Crippen LogP contribution in [0.3, 0.4) is 0 Å². The fraction of sp³-hybridized carbons (Fsp3) is 0.774. The molecule has 0 aliphatic carbocycles. The van der Waals surface area contributed by atoms with Gasteiger partial charge in [-0.15, -0.1) is 0 Å². The van der Waals surface area contributed by atoms with E-state index in [0.717, 1.165) is 49.3 Å². The Hall–Kier alpha value is -0.660. The van der Waals surface area contributed by atoms with E-state index >= 15 is 0 Å². The molecule has 10 unspecified atom stereocenters. The number of aliphatic hydroxyl groups is 1. The maximum Gasteiger partial charge on any atom is 0.472 e. The number of thioether (sulfide) groups is 2. The van der Waals surface area contributed by atoms with Gasteiger partial charge in [-0.1, -0.05) is 37.3 Å². The second kappa shape index (κ2) is 18.0. The molecule has 3 aliphatic heterocycles. The topological polar surface area (TPSA) is 136 Å². The number of phosphoric ester groups is 1. The van der Waals surface area contributed by atoms with Crippen LogP contribution in [0.4, 0.5) is 0 Å². The number of carbonyl (C=O) groups excluding carboxylic acids is 1. The van der Waals surface area contributed by atoms with Crippen LogP contribution in [0.15, 0.2) is 30.3 Å². The average molecular weight is 675 g/mol.